The molecule has 0 saturated carbocycles. The van der Waals surface area contributed by atoms with Gasteiger partial charge < -0.3 is 16.3 Å². The van der Waals surface area contributed by atoms with Gasteiger partial charge in [-0.05, 0) is 26.3 Å². The Hall–Kier alpha value is -1.69. The molecule has 0 fully saturated rings. The van der Waals surface area contributed by atoms with E-state index in [2.05, 4.69) is 20.4 Å². The van der Waals surface area contributed by atoms with Crippen molar-refractivity contribution in [3.05, 3.63) is 23.8 Å². The molecule has 6 heteroatoms. The van der Waals surface area contributed by atoms with Crippen molar-refractivity contribution in [2.45, 2.75) is 40.2 Å². The summed E-state index contributed by atoms with van der Waals surface area (Å²) in [5.41, 5.74) is 7.21. The van der Waals surface area contributed by atoms with Crippen molar-refractivity contribution >= 4 is 5.84 Å². The van der Waals surface area contributed by atoms with Crippen LogP contribution in [0.25, 0.3) is 0 Å². The van der Waals surface area contributed by atoms with Gasteiger partial charge in [-0.25, -0.2) is 0 Å². The predicted octanol–water partition coefficient (Wildman–Crippen LogP) is 1.43. The molecule has 106 valence electrons. The maximum Gasteiger partial charge on any atom is 0.144 e. The van der Waals surface area contributed by atoms with Crippen LogP contribution in [0.3, 0.4) is 0 Å². The van der Waals surface area contributed by atoms with Crippen molar-refractivity contribution in [3.8, 4) is 0 Å². The molecule has 4 N–H and O–H groups in total. The highest BCUT2D eigenvalue weighted by atomic mass is 16.4. The Bertz CT molecular complexity index is 414. The monoisotopic (exact) mass is 265 g/mol. The van der Waals surface area contributed by atoms with Crippen molar-refractivity contribution in [3.63, 3.8) is 0 Å². The highest BCUT2D eigenvalue weighted by Crippen LogP contribution is 2.21. The molecule has 0 aliphatic carbocycles. The first kappa shape index (κ1) is 15.4. The van der Waals surface area contributed by atoms with Crippen molar-refractivity contribution in [2.24, 2.45) is 16.3 Å². The van der Waals surface area contributed by atoms with E-state index in [4.69, 9.17) is 10.9 Å². The number of nitrogens with one attached hydrogen (secondary N) is 1. The minimum absolute atomic E-state index is 0.275. The molecule has 1 heterocycles. The molecule has 1 rings (SSSR count). The van der Waals surface area contributed by atoms with Gasteiger partial charge in [0.25, 0.3) is 0 Å². The summed E-state index contributed by atoms with van der Waals surface area (Å²) < 4.78 is 0. The Kier molecular flexibility index (Phi) is 5.69. The fourth-order valence-electron chi connectivity index (χ4n) is 1.65. The molecule has 1 aromatic rings. The van der Waals surface area contributed by atoms with E-state index >= 15 is 0 Å². The Morgan fingerprint density at radius 1 is 1.42 bits per heavy atom. The summed E-state index contributed by atoms with van der Waals surface area (Å²) in [5.74, 6) is 0.275. The third kappa shape index (κ3) is 5.21. The van der Waals surface area contributed by atoms with Crippen LogP contribution < -0.4 is 11.1 Å². The van der Waals surface area contributed by atoms with Gasteiger partial charge in [0, 0.05) is 24.4 Å². The fourth-order valence-corrected chi connectivity index (χ4v) is 1.65. The predicted molar refractivity (Wildman–Crippen MR) is 74.9 cm³/mol. The summed E-state index contributed by atoms with van der Waals surface area (Å²) in [5, 5.41) is 15.1. The molecule has 0 unspecified atom stereocenters. The van der Waals surface area contributed by atoms with Crippen LogP contribution >= 0.6 is 0 Å². The molecular weight excluding hydrogens is 242 g/mol. The molecule has 0 radical (unpaired) electrons. The van der Waals surface area contributed by atoms with Gasteiger partial charge in [0.05, 0.1) is 11.4 Å². The van der Waals surface area contributed by atoms with Crippen LogP contribution in [-0.4, -0.2) is 27.6 Å². The smallest absolute Gasteiger partial charge is 0.144 e. The first-order valence-corrected chi connectivity index (χ1v) is 6.42. The largest absolute Gasteiger partial charge is 0.409 e. The summed E-state index contributed by atoms with van der Waals surface area (Å²) in [6.45, 7) is 7.41. The Morgan fingerprint density at radius 2 is 2.16 bits per heavy atom. The van der Waals surface area contributed by atoms with E-state index in [1.165, 1.54) is 0 Å². The highest BCUT2D eigenvalue weighted by molar-refractivity contribution is 5.85. The second-order valence-corrected chi connectivity index (χ2v) is 5.30. The molecule has 0 aliphatic heterocycles. The Morgan fingerprint density at radius 3 is 2.74 bits per heavy atom. The van der Waals surface area contributed by atoms with Gasteiger partial charge in [-0.3, -0.25) is 9.97 Å². The van der Waals surface area contributed by atoms with E-state index in [-0.39, 0.29) is 11.3 Å². The topological polar surface area (TPSA) is 96.4 Å². The summed E-state index contributed by atoms with van der Waals surface area (Å²) >= 11 is 0. The number of hydrogen-bond donors (Lipinski definition) is 3. The van der Waals surface area contributed by atoms with Gasteiger partial charge in [-0.2, -0.15) is 0 Å². The molecule has 0 bridgehead atoms. The van der Waals surface area contributed by atoms with Crippen molar-refractivity contribution in [2.75, 3.05) is 6.54 Å². The lowest BCUT2D eigenvalue weighted by molar-refractivity contribution is 0.304. The van der Waals surface area contributed by atoms with Crippen molar-refractivity contribution in [1.29, 1.82) is 0 Å². The maximum atomic E-state index is 8.68. The minimum Gasteiger partial charge on any atom is -0.409 e. The maximum absolute atomic E-state index is 8.68. The summed E-state index contributed by atoms with van der Waals surface area (Å²) in [4.78, 5) is 8.46. The molecule has 1 aromatic heterocycles. The summed E-state index contributed by atoms with van der Waals surface area (Å²) in [7, 11) is 0. The highest BCUT2D eigenvalue weighted by Gasteiger charge is 2.22. The van der Waals surface area contributed by atoms with Crippen LogP contribution in [0.1, 0.15) is 38.1 Å². The van der Waals surface area contributed by atoms with Crippen LogP contribution in [-0.2, 0) is 6.54 Å². The first-order chi connectivity index (χ1) is 8.95. The molecule has 19 heavy (non-hydrogen) atoms. The fraction of sp³-hybridized carbons (Fsp3) is 0.615. The van der Waals surface area contributed by atoms with E-state index in [0.717, 1.165) is 30.8 Å². The lowest BCUT2D eigenvalue weighted by Gasteiger charge is -2.22. The van der Waals surface area contributed by atoms with Crippen molar-refractivity contribution in [1.82, 2.24) is 15.3 Å². The number of nitrogens with zero attached hydrogens (tertiary/aromatic N) is 3. The number of hydrogen-bond acceptors (Lipinski definition) is 5. The molecule has 0 saturated heterocycles. The zero-order valence-electron chi connectivity index (χ0n) is 11.8. The molecule has 0 aromatic carbocycles. The van der Waals surface area contributed by atoms with Gasteiger partial charge in [0.1, 0.15) is 5.84 Å². The number of oxime groups is 1. The van der Waals surface area contributed by atoms with Gasteiger partial charge in [0.2, 0.25) is 0 Å². The lowest BCUT2D eigenvalue weighted by atomic mass is 9.86. The molecular formula is C13H23N5O. The average Bonchev–Trinajstić information content (AvgIpc) is 2.39. The Balaban J connectivity index is 2.23. The molecule has 0 atom stereocenters. The molecule has 6 nitrogen and oxygen atoms in total. The van der Waals surface area contributed by atoms with E-state index in [1.54, 1.807) is 12.4 Å². The van der Waals surface area contributed by atoms with Gasteiger partial charge in [0.15, 0.2) is 0 Å². The van der Waals surface area contributed by atoms with Gasteiger partial charge in [-0.1, -0.05) is 19.0 Å². The van der Waals surface area contributed by atoms with Crippen LogP contribution in [0.2, 0.25) is 0 Å². The number of aromatic nitrogens is 2. The van der Waals surface area contributed by atoms with Crippen LogP contribution in [0.4, 0.5) is 0 Å². The van der Waals surface area contributed by atoms with E-state index in [0.29, 0.717) is 6.54 Å². The van der Waals surface area contributed by atoms with Crippen LogP contribution in [0, 0.1) is 12.3 Å². The first-order valence-electron chi connectivity index (χ1n) is 6.42. The van der Waals surface area contributed by atoms with E-state index in [1.807, 2.05) is 20.8 Å². The normalized spacial score (nSPS) is 12.7. The van der Waals surface area contributed by atoms with Crippen molar-refractivity contribution < 1.29 is 5.21 Å². The second-order valence-electron chi connectivity index (χ2n) is 5.30. The number of rotatable bonds is 7. The number of aryl methyl sites for hydroxylation is 1. The summed E-state index contributed by atoms with van der Waals surface area (Å²) in [6, 6.07) is 0. The quantitative estimate of drug-likeness (QED) is 0.228. The standard InChI is InChI=1S/C13H23N5O/c1-10-7-17-11(9-16-10)8-15-6-4-5-13(2,3)12(14)18-19/h7,9,15,19H,4-6,8H2,1-3H3,(H2,14,18). The third-order valence-corrected chi connectivity index (χ3v) is 3.10. The third-order valence-electron chi connectivity index (χ3n) is 3.10. The van der Waals surface area contributed by atoms with Crippen LogP contribution in [0.15, 0.2) is 17.5 Å². The molecule has 0 aliphatic rings. The SMILES string of the molecule is Cc1cnc(CNCCCC(C)(C)C(N)=NO)cn1. The van der Waals surface area contributed by atoms with Gasteiger partial charge in [-0.15, -0.1) is 0 Å². The molecule has 0 spiro atoms. The van der Waals surface area contributed by atoms with Gasteiger partial charge >= 0.3 is 0 Å². The van der Waals surface area contributed by atoms with E-state index in [9.17, 15) is 0 Å². The minimum atomic E-state index is -0.278. The lowest BCUT2D eigenvalue weighted by Crippen LogP contribution is -2.32. The second kappa shape index (κ2) is 7.04. The van der Waals surface area contributed by atoms with Crippen LogP contribution in [0.5, 0.6) is 0 Å². The molecule has 0 amide bonds. The Labute approximate surface area is 114 Å². The zero-order chi connectivity index (χ0) is 14.3. The zero-order valence-corrected chi connectivity index (χ0v) is 11.8. The van der Waals surface area contributed by atoms with E-state index < -0.39 is 0 Å². The average molecular weight is 265 g/mol. The number of nitrogens with two attached hydrogens (primary N) is 1. The summed E-state index contributed by atoms with van der Waals surface area (Å²) in [6.07, 6.45) is 5.35. The number of amidine groups is 1.